The minimum Gasteiger partial charge on any atom is -0.503 e. The van der Waals surface area contributed by atoms with Gasteiger partial charge >= 0.3 is 0 Å². The van der Waals surface area contributed by atoms with Crippen LogP contribution in [0.4, 0.5) is 4.39 Å². The Morgan fingerprint density at radius 3 is 2.91 bits per heavy atom. The van der Waals surface area contributed by atoms with Gasteiger partial charge in [0, 0.05) is 22.0 Å². The zero-order chi connectivity index (χ0) is 16.2. The van der Waals surface area contributed by atoms with E-state index in [-0.39, 0.29) is 5.75 Å². The van der Waals surface area contributed by atoms with Crippen molar-refractivity contribution in [3.63, 3.8) is 0 Å². The monoisotopic (exact) mass is 329 g/mol. The third-order valence-electron chi connectivity index (χ3n) is 4.11. The van der Waals surface area contributed by atoms with Gasteiger partial charge in [-0.15, -0.1) is 11.3 Å². The van der Waals surface area contributed by atoms with E-state index in [0.717, 1.165) is 28.7 Å². The van der Waals surface area contributed by atoms with Crippen molar-refractivity contribution in [3.05, 3.63) is 47.2 Å². The Kier molecular flexibility index (Phi) is 4.91. The van der Waals surface area contributed by atoms with E-state index in [1.54, 1.807) is 17.5 Å². The molecule has 0 aliphatic carbocycles. The van der Waals surface area contributed by atoms with Crippen LogP contribution in [0.25, 0.3) is 21.3 Å². The number of pyridine rings is 1. The number of benzene rings is 1. The lowest BCUT2D eigenvalue weighted by atomic mass is 10.00. The number of phenols is 1. The van der Waals surface area contributed by atoms with Gasteiger partial charge in [0.1, 0.15) is 5.52 Å². The molecule has 0 amide bonds. The average molecular weight is 329 g/mol. The summed E-state index contributed by atoms with van der Waals surface area (Å²) in [5, 5.41) is 12.8. The first-order chi connectivity index (χ1) is 11.2. The molecule has 3 rings (SSSR count). The number of thiophene rings is 1. The number of aromatic nitrogens is 1. The quantitative estimate of drug-likeness (QED) is 0.568. The fourth-order valence-corrected chi connectivity index (χ4v) is 3.88. The van der Waals surface area contributed by atoms with Crippen LogP contribution in [-0.4, -0.2) is 10.1 Å². The van der Waals surface area contributed by atoms with Crippen molar-refractivity contribution in [1.29, 1.82) is 0 Å². The van der Waals surface area contributed by atoms with Crippen LogP contribution in [0, 0.1) is 5.82 Å². The van der Waals surface area contributed by atoms with Gasteiger partial charge in [0.05, 0.1) is 0 Å². The molecule has 23 heavy (non-hydrogen) atoms. The van der Waals surface area contributed by atoms with Crippen LogP contribution in [0.15, 0.2) is 35.8 Å². The number of aryl methyl sites for hydroxylation is 1. The molecular weight excluding hydrogens is 309 g/mol. The number of phenolic OH excluding ortho intramolecular Hbond substituents is 1. The topological polar surface area (TPSA) is 33.1 Å². The molecule has 120 valence electrons. The van der Waals surface area contributed by atoms with Crippen molar-refractivity contribution in [2.24, 2.45) is 0 Å². The fraction of sp³-hybridized carbons (Fsp3) is 0.316. The van der Waals surface area contributed by atoms with Gasteiger partial charge in [-0.3, -0.25) is 4.98 Å². The smallest absolute Gasteiger partial charge is 0.178 e. The Balaban J connectivity index is 2.01. The van der Waals surface area contributed by atoms with Gasteiger partial charge in [0.15, 0.2) is 11.6 Å². The maximum Gasteiger partial charge on any atom is 0.178 e. The van der Waals surface area contributed by atoms with Crippen molar-refractivity contribution < 1.29 is 9.50 Å². The van der Waals surface area contributed by atoms with E-state index < -0.39 is 5.82 Å². The summed E-state index contributed by atoms with van der Waals surface area (Å²) in [5.41, 5.74) is 2.40. The number of hydrogen-bond acceptors (Lipinski definition) is 3. The number of halogens is 1. The Morgan fingerprint density at radius 2 is 2.09 bits per heavy atom. The summed E-state index contributed by atoms with van der Waals surface area (Å²) in [6.07, 6.45) is 7.41. The summed E-state index contributed by atoms with van der Waals surface area (Å²) in [6.45, 7) is 2.20. The first-order valence-corrected chi connectivity index (χ1v) is 8.93. The average Bonchev–Trinajstić information content (AvgIpc) is 3.03. The largest absolute Gasteiger partial charge is 0.503 e. The maximum atomic E-state index is 14.1. The van der Waals surface area contributed by atoms with Crippen LogP contribution in [0.5, 0.6) is 5.75 Å². The van der Waals surface area contributed by atoms with Gasteiger partial charge in [-0.2, -0.15) is 0 Å². The summed E-state index contributed by atoms with van der Waals surface area (Å²) < 4.78 is 14.1. The second kappa shape index (κ2) is 7.09. The molecule has 0 radical (unpaired) electrons. The molecule has 2 nitrogen and oxygen atoms in total. The van der Waals surface area contributed by atoms with Crippen LogP contribution in [0.1, 0.15) is 38.2 Å². The third kappa shape index (κ3) is 3.22. The van der Waals surface area contributed by atoms with E-state index in [9.17, 15) is 9.50 Å². The lowest BCUT2D eigenvalue weighted by Gasteiger charge is -2.10. The van der Waals surface area contributed by atoms with Gasteiger partial charge < -0.3 is 5.11 Å². The highest BCUT2D eigenvalue weighted by molar-refractivity contribution is 7.13. The minimum absolute atomic E-state index is 0.327. The molecule has 0 atom stereocenters. The highest BCUT2D eigenvalue weighted by Crippen LogP contribution is 2.39. The molecule has 0 saturated carbocycles. The Morgan fingerprint density at radius 1 is 1.22 bits per heavy atom. The number of aromatic hydroxyl groups is 1. The van der Waals surface area contributed by atoms with E-state index in [2.05, 4.69) is 23.4 Å². The maximum absolute atomic E-state index is 14.1. The predicted octanol–water partition coefficient (Wildman–Crippen LogP) is 5.93. The van der Waals surface area contributed by atoms with Crippen molar-refractivity contribution in [2.75, 3.05) is 0 Å². The molecule has 0 aliphatic rings. The first-order valence-electron chi connectivity index (χ1n) is 8.05. The van der Waals surface area contributed by atoms with Crippen molar-refractivity contribution >= 4 is 22.2 Å². The molecule has 4 heteroatoms. The molecule has 0 saturated heterocycles. The second-order valence-electron chi connectivity index (χ2n) is 5.74. The summed E-state index contributed by atoms with van der Waals surface area (Å²) in [7, 11) is 0. The third-order valence-corrected chi connectivity index (χ3v) is 5.10. The number of nitrogens with zero attached hydrogens (tertiary/aromatic N) is 1. The predicted molar refractivity (Wildman–Crippen MR) is 94.5 cm³/mol. The molecule has 0 aliphatic heterocycles. The zero-order valence-corrected chi connectivity index (χ0v) is 14.0. The van der Waals surface area contributed by atoms with Gasteiger partial charge in [0.25, 0.3) is 0 Å². The SMILES string of the molecule is CCCCCCc1ccsc1-c1cc(F)c(O)c2ncccc12. The molecule has 2 heterocycles. The van der Waals surface area contributed by atoms with Crippen molar-refractivity contribution in [1.82, 2.24) is 4.98 Å². The molecule has 0 unspecified atom stereocenters. The van der Waals surface area contributed by atoms with Gasteiger partial charge in [-0.05, 0) is 42.0 Å². The number of fused-ring (bicyclic) bond motifs is 1. The summed E-state index contributed by atoms with van der Waals surface area (Å²) >= 11 is 1.62. The Hall–Kier alpha value is -1.94. The highest BCUT2D eigenvalue weighted by atomic mass is 32.1. The molecule has 3 aromatic rings. The molecule has 2 aromatic heterocycles. The highest BCUT2D eigenvalue weighted by Gasteiger charge is 2.16. The van der Waals surface area contributed by atoms with Crippen LogP contribution in [-0.2, 0) is 6.42 Å². The lowest BCUT2D eigenvalue weighted by Crippen LogP contribution is -1.91. The van der Waals surface area contributed by atoms with Crippen molar-refractivity contribution in [3.8, 4) is 16.2 Å². The normalized spacial score (nSPS) is 11.2. The van der Waals surface area contributed by atoms with Gasteiger partial charge in [-0.25, -0.2) is 4.39 Å². The summed E-state index contributed by atoms with van der Waals surface area (Å²) in [4.78, 5) is 5.22. The lowest BCUT2D eigenvalue weighted by molar-refractivity contribution is 0.438. The summed E-state index contributed by atoms with van der Waals surface area (Å²) in [6, 6.07) is 7.26. The number of hydrogen-bond donors (Lipinski definition) is 1. The van der Waals surface area contributed by atoms with Gasteiger partial charge in [0.2, 0.25) is 0 Å². The van der Waals surface area contributed by atoms with E-state index in [0.29, 0.717) is 5.52 Å². The van der Waals surface area contributed by atoms with E-state index in [1.807, 2.05) is 12.1 Å². The fourth-order valence-electron chi connectivity index (χ4n) is 2.90. The molecule has 1 aromatic carbocycles. The van der Waals surface area contributed by atoms with E-state index >= 15 is 0 Å². The zero-order valence-electron chi connectivity index (χ0n) is 13.2. The summed E-state index contributed by atoms with van der Waals surface area (Å²) in [5.74, 6) is -0.984. The van der Waals surface area contributed by atoms with Crippen LogP contribution in [0.2, 0.25) is 0 Å². The number of rotatable bonds is 6. The Bertz CT molecular complexity index is 812. The molecular formula is C19H20FNOS. The molecule has 0 bridgehead atoms. The minimum atomic E-state index is -0.614. The Labute approximate surface area is 139 Å². The van der Waals surface area contributed by atoms with E-state index in [4.69, 9.17) is 0 Å². The second-order valence-corrected chi connectivity index (χ2v) is 6.66. The van der Waals surface area contributed by atoms with E-state index in [1.165, 1.54) is 30.9 Å². The number of unbranched alkanes of at least 4 members (excludes halogenated alkanes) is 3. The van der Waals surface area contributed by atoms with Crippen molar-refractivity contribution in [2.45, 2.75) is 39.0 Å². The van der Waals surface area contributed by atoms with Crippen LogP contribution < -0.4 is 0 Å². The molecule has 0 spiro atoms. The first kappa shape index (κ1) is 15.9. The molecule has 0 fully saturated rings. The van der Waals surface area contributed by atoms with Gasteiger partial charge in [-0.1, -0.05) is 32.3 Å². The van der Waals surface area contributed by atoms with Crippen LogP contribution in [0.3, 0.4) is 0 Å². The molecule has 1 N–H and O–H groups in total. The standard InChI is InChI=1S/C19H20FNOS/c1-2-3-4-5-7-13-9-11-23-19(13)15-12-16(20)18(22)17-14(15)8-6-10-21-17/h6,8-12,22H,2-5,7H2,1H3. The van der Waals surface area contributed by atoms with Crippen LogP contribution >= 0.6 is 11.3 Å².